The highest BCUT2D eigenvalue weighted by Crippen LogP contribution is 2.20. The van der Waals surface area contributed by atoms with Crippen molar-refractivity contribution in [2.24, 2.45) is 0 Å². The lowest BCUT2D eigenvalue weighted by Crippen LogP contribution is -2.33. The largest absolute Gasteiger partial charge is 0.331 e. The lowest BCUT2D eigenvalue weighted by Gasteiger charge is -2.12. The summed E-state index contributed by atoms with van der Waals surface area (Å²) in [5.74, 6) is 0. The van der Waals surface area contributed by atoms with E-state index in [-0.39, 0.29) is 0 Å². The number of para-hydroxylation sites is 1. The summed E-state index contributed by atoms with van der Waals surface area (Å²) in [7, 11) is 0. The molecule has 0 saturated carbocycles. The molecular formula is C19H17N3S. The van der Waals surface area contributed by atoms with Crippen molar-refractivity contribution in [2.75, 3.05) is 10.7 Å². The van der Waals surface area contributed by atoms with Crippen molar-refractivity contribution in [3.8, 4) is 11.1 Å². The third-order valence-electron chi connectivity index (χ3n) is 3.34. The Hall–Kier alpha value is -2.85. The minimum absolute atomic E-state index is 0.515. The Bertz CT molecular complexity index is 756. The van der Waals surface area contributed by atoms with Crippen LogP contribution in [0.4, 0.5) is 11.4 Å². The van der Waals surface area contributed by atoms with E-state index in [4.69, 9.17) is 12.2 Å². The van der Waals surface area contributed by atoms with Gasteiger partial charge in [0.1, 0.15) is 0 Å². The van der Waals surface area contributed by atoms with Crippen molar-refractivity contribution in [3.63, 3.8) is 0 Å². The van der Waals surface area contributed by atoms with Crippen molar-refractivity contribution in [2.45, 2.75) is 0 Å². The molecule has 0 saturated heterocycles. The van der Waals surface area contributed by atoms with Gasteiger partial charge in [0, 0.05) is 5.69 Å². The molecule has 0 aliphatic rings. The zero-order chi connectivity index (χ0) is 15.9. The first-order chi connectivity index (χ1) is 11.3. The predicted molar refractivity (Wildman–Crippen MR) is 101 cm³/mol. The SMILES string of the molecule is S=C(NNc1ccccc1)Nc1ccc(-c2ccccc2)cc1. The van der Waals surface area contributed by atoms with E-state index in [1.54, 1.807) is 0 Å². The van der Waals surface area contributed by atoms with Crippen molar-refractivity contribution in [3.05, 3.63) is 84.9 Å². The Morgan fingerprint density at radius 2 is 1.17 bits per heavy atom. The fourth-order valence-electron chi connectivity index (χ4n) is 2.19. The summed E-state index contributed by atoms with van der Waals surface area (Å²) >= 11 is 5.28. The number of hydrogen-bond donors (Lipinski definition) is 3. The van der Waals surface area contributed by atoms with Gasteiger partial charge in [-0.25, -0.2) is 0 Å². The molecule has 114 valence electrons. The van der Waals surface area contributed by atoms with Crippen LogP contribution in [-0.4, -0.2) is 5.11 Å². The Kier molecular flexibility index (Phi) is 4.86. The third kappa shape index (κ3) is 4.31. The standard InChI is InChI=1S/C19H17N3S/c23-19(22-21-18-9-5-2-6-10-18)20-17-13-11-16(12-14-17)15-7-3-1-4-8-15/h1-14,21H,(H2,20,22,23). The van der Waals surface area contributed by atoms with Crippen molar-refractivity contribution in [1.29, 1.82) is 0 Å². The van der Waals surface area contributed by atoms with Gasteiger partial charge in [-0.1, -0.05) is 60.7 Å². The van der Waals surface area contributed by atoms with Crippen LogP contribution in [0.15, 0.2) is 84.9 Å². The molecular weight excluding hydrogens is 302 g/mol. The second-order valence-electron chi connectivity index (χ2n) is 5.01. The maximum atomic E-state index is 5.28. The molecule has 0 fully saturated rings. The molecule has 0 atom stereocenters. The maximum Gasteiger partial charge on any atom is 0.189 e. The van der Waals surface area contributed by atoms with E-state index in [1.165, 1.54) is 11.1 Å². The van der Waals surface area contributed by atoms with E-state index in [2.05, 4.69) is 40.4 Å². The normalized spacial score (nSPS) is 9.91. The van der Waals surface area contributed by atoms with Gasteiger partial charge in [0.05, 0.1) is 5.69 Å². The first kappa shape index (κ1) is 15.1. The van der Waals surface area contributed by atoms with Crippen LogP contribution in [0.5, 0.6) is 0 Å². The molecule has 0 amide bonds. The van der Waals surface area contributed by atoms with Crippen molar-refractivity contribution >= 4 is 28.7 Å². The first-order valence-electron chi connectivity index (χ1n) is 7.35. The topological polar surface area (TPSA) is 36.1 Å². The van der Waals surface area contributed by atoms with E-state index >= 15 is 0 Å². The number of hydrogen-bond acceptors (Lipinski definition) is 2. The summed E-state index contributed by atoms with van der Waals surface area (Å²) in [6, 6.07) is 28.3. The van der Waals surface area contributed by atoms with Gasteiger partial charge in [-0.2, -0.15) is 0 Å². The van der Waals surface area contributed by atoms with Crippen LogP contribution < -0.4 is 16.2 Å². The molecule has 23 heavy (non-hydrogen) atoms. The Morgan fingerprint density at radius 1 is 0.609 bits per heavy atom. The zero-order valence-corrected chi connectivity index (χ0v) is 13.3. The summed E-state index contributed by atoms with van der Waals surface area (Å²) in [4.78, 5) is 0. The molecule has 0 aliphatic heterocycles. The van der Waals surface area contributed by atoms with Gasteiger partial charge in [-0.15, -0.1) is 0 Å². The first-order valence-corrected chi connectivity index (χ1v) is 7.76. The molecule has 0 bridgehead atoms. The van der Waals surface area contributed by atoms with Crippen LogP contribution in [-0.2, 0) is 0 Å². The Morgan fingerprint density at radius 3 is 1.83 bits per heavy atom. The average molecular weight is 319 g/mol. The molecule has 3 rings (SSSR count). The van der Waals surface area contributed by atoms with E-state index in [0.29, 0.717) is 5.11 Å². The Balaban J connectivity index is 1.57. The van der Waals surface area contributed by atoms with Gasteiger partial charge >= 0.3 is 0 Å². The van der Waals surface area contributed by atoms with Gasteiger partial charge in [0.25, 0.3) is 0 Å². The maximum absolute atomic E-state index is 5.28. The number of hydrazine groups is 1. The van der Waals surface area contributed by atoms with Gasteiger partial charge in [-0.05, 0) is 47.6 Å². The van der Waals surface area contributed by atoms with Crippen LogP contribution >= 0.6 is 12.2 Å². The molecule has 0 aromatic heterocycles. The molecule has 0 heterocycles. The lowest BCUT2D eigenvalue weighted by atomic mass is 10.1. The fourth-order valence-corrected chi connectivity index (χ4v) is 2.36. The molecule has 0 spiro atoms. The summed E-state index contributed by atoms with van der Waals surface area (Å²) in [6.45, 7) is 0. The van der Waals surface area contributed by atoms with Crippen molar-refractivity contribution in [1.82, 2.24) is 5.43 Å². The molecule has 4 heteroatoms. The molecule has 3 aromatic rings. The van der Waals surface area contributed by atoms with Crippen LogP contribution in [0.2, 0.25) is 0 Å². The summed E-state index contributed by atoms with van der Waals surface area (Å²) < 4.78 is 0. The van der Waals surface area contributed by atoms with Gasteiger partial charge in [-0.3, -0.25) is 10.9 Å². The van der Waals surface area contributed by atoms with Crippen LogP contribution in [0.1, 0.15) is 0 Å². The molecule has 3 nitrogen and oxygen atoms in total. The molecule has 0 aliphatic carbocycles. The predicted octanol–water partition coefficient (Wildman–Crippen LogP) is 4.67. The molecule has 0 radical (unpaired) electrons. The van der Waals surface area contributed by atoms with E-state index in [0.717, 1.165) is 11.4 Å². The van der Waals surface area contributed by atoms with Crippen LogP contribution in [0, 0.1) is 0 Å². The summed E-state index contributed by atoms with van der Waals surface area (Å²) in [5, 5.41) is 3.66. The van der Waals surface area contributed by atoms with E-state index in [9.17, 15) is 0 Å². The van der Waals surface area contributed by atoms with Crippen molar-refractivity contribution < 1.29 is 0 Å². The second kappa shape index (κ2) is 7.42. The average Bonchev–Trinajstić information content (AvgIpc) is 2.62. The fraction of sp³-hybridized carbons (Fsp3) is 0. The third-order valence-corrected chi connectivity index (χ3v) is 3.55. The summed E-state index contributed by atoms with van der Waals surface area (Å²) in [5.41, 5.74) is 10.3. The number of thiocarbonyl (C=S) groups is 1. The minimum atomic E-state index is 0.515. The highest BCUT2D eigenvalue weighted by Gasteiger charge is 1.99. The summed E-state index contributed by atoms with van der Waals surface area (Å²) in [6.07, 6.45) is 0. The second-order valence-corrected chi connectivity index (χ2v) is 5.42. The Labute approximate surface area is 141 Å². The quantitative estimate of drug-likeness (QED) is 0.482. The van der Waals surface area contributed by atoms with Crippen LogP contribution in [0.3, 0.4) is 0 Å². The van der Waals surface area contributed by atoms with Crippen LogP contribution in [0.25, 0.3) is 11.1 Å². The van der Waals surface area contributed by atoms with E-state index < -0.39 is 0 Å². The smallest absolute Gasteiger partial charge is 0.189 e. The highest BCUT2D eigenvalue weighted by molar-refractivity contribution is 7.80. The molecule has 3 aromatic carbocycles. The number of anilines is 2. The van der Waals surface area contributed by atoms with E-state index in [1.807, 2.05) is 60.7 Å². The number of benzene rings is 3. The van der Waals surface area contributed by atoms with Gasteiger partial charge in [0.2, 0.25) is 0 Å². The zero-order valence-electron chi connectivity index (χ0n) is 12.5. The minimum Gasteiger partial charge on any atom is -0.331 e. The highest BCUT2D eigenvalue weighted by atomic mass is 32.1. The van der Waals surface area contributed by atoms with Gasteiger partial charge < -0.3 is 5.32 Å². The molecule has 3 N–H and O–H groups in total. The monoisotopic (exact) mass is 319 g/mol. The number of nitrogens with one attached hydrogen (secondary N) is 3. The van der Waals surface area contributed by atoms with Gasteiger partial charge in [0.15, 0.2) is 5.11 Å². The number of rotatable bonds is 4. The lowest BCUT2D eigenvalue weighted by molar-refractivity contribution is 1.14. The molecule has 0 unspecified atom stereocenters.